The first kappa shape index (κ1) is 8.83. The van der Waals surface area contributed by atoms with Crippen LogP contribution in [-0.4, -0.2) is 6.00 Å². The average Bonchev–Trinajstić information content (AvgIpc) is 1.62. The van der Waals surface area contributed by atoms with Gasteiger partial charge in [-0.25, -0.2) is 0 Å². The summed E-state index contributed by atoms with van der Waals surface area (Å²) < 4.78 is 0. The third-order valence-corrected chi connectivity index (χ3v) is 4.39. The van der Waals surface area contributed by atoms with E-state index >= 15 is 0 Å². The first-order chi connectivity index (χ1) is 3.48. The van der Waals surface area contributed by atoms with E-state index in [1.165, 1.54) is 0 Å². The van der Waals surface area contributed by atoms with Gasteiger partial charge in [-0.1, -0.05) is 6.92 Å². The molecule has 0 aliphatic rings. The molecule has 0 fully saturated rings. The zero-order chi connectivity index (χ0) is 6.78. The first-order valence-corrected chi connectivity index (χ1v) is 7.27. The molecular weight excluding hydrogens is 182 g/mol. The van der Waals surface area contributed by atoms with Crippen molar-refractivity contribution in [3.8, 4) is 0 Å². The van der Waals surface area contributed by atoms with Gasteiger partial charge in [0.1, 0.15) is 0 Å². The van der Waals surface area contributed by atoms with Gasteiger partial charge in [-0.05, 0) is 11.6 Å². The molecule has 0 radical (unpaired) electrons. The SMILES string of the molecule is C=C(CC)[Si](Cl)(Cl)Cl. The standard InChI is InChI=1S/C4H7Cl3Si/c1-3-4(2)8(5,6)7/h2-3H2,1H3. The molecule has 0 spiro atoms. The van der Waals surface area contributed by atoms with E-state index in [1.807, 2.05) is 6.92 Å². The molecule has 0 amide bonds. The molecule has 0 saturated heterocycles. The number of hydrogen-bond donors (Lipinski definition) is 0. The molecular formula is C4H7Cl3Si. The van der Waals surface area contributed by atoms with E-state index < -0.39 is 6.00 Å². The van der Waals surface area contributed by atoms with Crippen molar-refractivity contribution in [3.05, 3.63) is 11.8 Å². The molecule has 0 bridgehead atoms. The lowest BCUT2D eigenvalue weighted by atomic mass is 10.5. The number of halogens is 3. The fraction of sp³-hybridized carbons (Fsp3) is 0.500. The highest BCUT2D eigenvalue weighted by molar-refractivity contribution is 7.67. The third-order valence-electron chi connectivity index (χ3n) is 0.828. The van der Waals surface area contributed by atoms with Crippen LogP contribution < -0.4 is 0 Å². The van der Waals surface area contributed by atoms with E-state index in [0.717, 1.165) is 11.6 Å². The van der Waals surface area contributed by atoms with Crippen LogP contribution >= 0.6 is 33.2 Å². The minimum absolute atomic E-state index is 0.766. The van der Waals surface area contributed by atoms with E-state index in [-0.39, 0.29) is 0 Å². The highest BCUT2D eigenvalue weighted by Gasteiger charge is 2.27. The van der Waals surface area contributed by atoms with E-state index in [0.29, 0.717) is 0 Å². The molecule has 0 rings (SSSR count). The van der Waals surface area contributed by atoms with Crippen LogP contribution in [0.3, 0.4) is 0 Å². The van der Waals surface area contributed by atoms with Crippen molar-refractivity contribution in [2.45, 2.75) is 13.3 Å². The van der Waals surface area contributed by atoms with Crippen LogP contribution in [0, 0.1) is 0 Å². The highest BCUT2D eigenvalue weighted by Crippen LogP contribution is 2.28. The highest BCUT2D eigenvalue weighted by atomic mass is 35.8. The molecule has 8 heavy (non-hydrogen) atoms. The summed E-state index contributed by atoms with van der Waals surface area (Å²) in [7, 11) is 0. The van der Waals surface area contributed by atoms with Gasteiger partial charge in [0, 0.05) is 0 Å². The van der Waals surface area contributed by atoms with Gasteiger partial charge in [0.25, 0.3) is 0 Å². The number of hydrogen-bond acceptors (Lipinski definition) is 0. The summed E-state index contributed by atoms with van der Waals surface area (Å²) in [5, 5.41) is 0.766. The van der Waals surface area contributed by atoms with E-state index in [1.54, 1.807) is 0 Å². The summed E-state index contributed by atoms with van der Waals surface area (Å²) in [5.74, 6) is 0. The summed E-state index contributed by atoms with van der Waals surface area (Å²) in [4.78, 5) is 0. The lowest BCUT2D eigenvalue weighted by Gasteiger charge is -2.07. The van der Waals surface area contributed by atoms with Crippen molar-refractivity contribution in [1.29, 1.82) is 0 Å². The van der Waals surface area contributed by atoms with Gasteiger partial charge in [-0.15, -0.1) is 39.8 Å². The molecule has 0 N–H and O–H groups in total. The second-order valence-electron chi connectivity index (χ2n) is 1.45. The molecule has 4 heteroatoms. The maximum absolute atomic E-state index is 5.55. The van der Waals surface area contributed by atoms with Crippen molar-refractivity contribution >= 4 is 39.2 Å². The van der Waals surface area contributed by atoms with Gasteiger partial charge >= 0.3 is 6.00 Å². The van der Waals surface area contributed by atoms with Crippen LogP contribution in [-0.2, 0) is 0 Å². The summed E-state index contributed by atoms with van der Waals surface area (Å²) in [6.45, 7) is 5.54. The molecule has 0 aliphatic carbocycles. The zero-order valence-corrected chi connectivity index (χ0v) is 7.82. The Morgan fingerprint density at radius 3 is 1.88 bits per heavy atom. The Balaban J connectivity index is 3.82. The zero-order valence-electron chi connectivity index (χ0n) is 4.55. The summed E-state index contributed by atoms with van der Waals surface area (Å²) in [5.41, 5.74) is 0. The lowest BCUT2D eigenvalue weighted by molar-refractivity contribution is 1.20. The predicted octanol–water partition coefficient (Wildman–Crippen LogP) is 3.15. The molecule has 0 unspecified atom stereocenters. The van der Waals surface area contributed by atoms with E-state index in [2.05, 4.69) is 6.58 Å². The maximum Gasteiger partial charge on any atom is 0.368 e. The predicted molar refractivity (Wildman–Crippen MR) is 42.7 cm³/mol. The normalized spacial score (nSPS) is 11.5. The van der Waals surface area contributed by atoms with Crippen LogP contribution in [0.15, 0.2) is 11.8 Å². The van der Waals surface area contributed by atoms with Crippen LogP contribution in [0.1, 0.15) is 13.3 Å². The molecule has 0 aromatic carbocycles. The minimum Gasteiger partial charge on any atom is -0.121 e. The van der Waals surface area contributed by atoms with Gasteiger partial charge in [-0.2, -0.15) is 0 Å². The molecule has 0 atom stereocenters. The molecule has 0 aromatic rings. The van der Waals surface area contributed by atoms with Gasteiger partial charge < -0.3 is 0 Å². The fourth-order valence-corrected chi connectivity index (χ4v) is 1.80. The summed E-state index contributed by atoms with van der Waals surface area (Å²) in [6, 6.07) is -2.54. The van der Waals surface area contributed by atoms with Crippen LogP contribution in [0.5, 0.6) is 0 Å². The topological polar surface area (TPSA) is 0 Å². The number of rotatable bonds is 2. The van der Waals surface area contributed by atoms with Gasteiger partial charge in [0.05, 0.1) is 0 Å². The molecule has 0 nitrogen and oxygen atoms in total. The van der Waals surface area contributed by atoms with Gasteiger partial charge in [-0.3, -0.25) is 0 Å². The van der Waals surface area contributed by atoms with Crippen LogP contribution in [0.2, 0.25) is 0 Å². The second-order valence-corrected chi connectivity index (χ2v) is 10.0. The fourth-order valence-electron chi connectivity index (χ4n) is 0.200. The molecule has 0 saturated carbocycles. The number of allylic oxidation sites excluding steroid dienone is 1. The van der Waals surface area contributed by atoms with E-state index in [4.69, 9.17) is 33.2 Å². The first-order valence-electron chi connectivity index (χ1n) is 2.23. The van der Waals surface area contributed by atoms with Crippen LogP contribution in [0.4, 0.5) is 0 Å². The Hall–Kier alpha value is 0.827. The molecule has 48 valence electrons. The maximum atomic E-state index is 5.55. The molecule has 0 heterocycles. The van der Waals surface area contributed by atoms with Crippen molar-refractivity contribution in [2.24, 2.45) is 0 Å². The smallest absolute Gasteiger partial charge is 0.121 e. The Morgan fingerprint density at radius 1 is 1.50 bits per heavy atom. The van der Waals surface area contributed by atoms with Crippen molar-refractivity contribution in [2.75, 3.05) is 0 Å². The minimum atomic E-state index is -2.54. The second kappa shape index (κ2) is 3.11. The summed E-state index contributed by atoms with van der Waals surface area (Å²) in [6.07, 6.45) is 0.767. The van der Waals surface area contributed by atoms with Crippen molar-refractivity contribution in [3.63, 3.8) is 0 Å². The Bertz CT molecular complexity index is 93.9. The van der Waals surface area contributed by atoms with Crippen molar-refractivity contribution < 1.29 is 0 Å². The van der Waals surface area contributed by atoms with Crippen LogP contribution in [0.25, 0.3) is 0 Å². The Kier molecular flexibility index (Phi) is 3.43. The lowest BCUT2D eigenvalue weighted by Crippen LogP contribution is -2.12. The largest absolute Gasteiger partial charge is 0.368 e. The summed E-state index contributed by atoms with van der Waals surface area (Å²) >= 11 is 16.7. The van der Waals surface area contributed by atoms with Crippen molar-refractivity contribution in [1.82, 2.24) is 0 Å². The third kappa shape index (κ3) is 2.97. The average molecular weight is 190 g/mol. The van der Waals surface area contributed by atoms with E-state index in [9.17, 15) is 0 Å². The Morgan fingerprint density at radius 2 is 1.88 bits per heavy atom. The quantitative estimate of drug-likeness (QED) is 0.462. The molecule has 0 aliphatic heterocycles. The van der Waals surface area contributed by atoms with Gasteiger partial charge in [0.15, 0.2) is 0 Å². The monoisotopic (exact) mass is 188 g/mol. The van der Waals surface area contributed by atoms with Gasteiger partial charge in [0.2, 0.25) is 0 Å². The molecule has 0 aromatic heterocycles. The Labute approximate surface area is 64.6 Å².